The number of rotatable bonds is 5. The number of aliphatic carboxylic acids is 1. The first-order valence-corrected chi connectivity index (χ1v) is 8.04. The highest BCUT2D eigenvalue weighted by atomic mass is 32.1. The Morgan fingerprint density at radius 2 is 2.32 bits per heavy atom. The molecule has 2 unspecified atom stereocenters. The molecule has 1 N–H and O–H groups in total. The molecule has 1 aliphatic heterocycles. The lowest BCUT2D eigenvalue weighted by molar-refractivity contribution is -0.142. The first-order valence-electron chi connectivity index (χ1n) is 7.10. The molecule has 1 saturated heterocycles. The number of amides is 1. The van der Waals surface area contributed by atoms with Crippen LogP contribution < -0.4 is 0 Å². The van der Waals surface area contributed by atoms with Crippen molar-refractivity contribution in [2.75, 3.05) is 6.54 Å². The lowest BCUT2D eigenvalue weighted by atomic mass is 9.95. The molecule has 5 nitrogen and oxygen atoms in total. The summed E-state index contributed by atoms with van der Waals surface area (Å²) in [4.78, 5) is 29.5. The van der Waals surface area contributed by atoms with Gasteiger partial charge in [-0.05, 0) is 40.4 Å². The Bertz CT molecular complexity index is 657. The van der Waals surface area contributed by atoms with Crippen LogP contribution in [0.1, 0.15) is 23.6 Å². The van der Waals surface area contributed by atoms with E-state index in [9.17, 15) is 14.7 Å². The maximum Gasteiger partial charge on any atom is 0.309 e. The number of hydrogen-bond donors (Lipinski definition) is 1. The van der Waals surface area contributed by atoms with Crippen LogP contribution in [0, 0.1) is 5.92 Å². The van der Waals surface area contributed by atoms with E-state index >= 15 is 0 Å². The van der Waals surface area contributed by atoms with E-state index < -0.39 is 11.9 Å². The van der Waals surface area contributed by atoms with E-state index in [1.807, 2.05) is 29.0 Å². The quantitative estimate of drug-likeness (QED) is 0.919. The van der Waals surface area contributed by atoms with Crippen LogP contribution in [0.4, 0.5) is 0 Å². The van der Waals surface area contributed by atoms with Gasteiger partial charge in [0.2, 0.25) is 5.91 Å². The van der Waals surface area contributed by atoms with Gasteiger partial charge in [-0.1, -0.05) is 6.07 Å². The summed E-state index contributed by atoms with van der Waals surface area (Å²) in [6, 6.07) is 5.35. The van der Waals surface area contributed by atoms with Gasteiger partial charge in [0.05, 0.1) is 12.0 Å². The number of carboxylic acids is 1. The highest BCUT2D eigenvalue weighted by molar-refractivity contribution is 7.08. The lowest BCUT2D eigenvalue weighted by Crippen LogP contribution is -2.32. The number of pyridine rings is 1. The highest BCUT2D eigenvalue weighted by Crippen LogP contribution is 2.39. The minimum atomic E-state index is -0.909. The normalized spacial score (nSPS) is 21.3. The van der Waals surface area contributed by atoms with E-state index in [1.54, 1.807) is 17.3 Å². The van der Waals surface area contributed by atoms with Gasteiger partial charge in [0.1, 0.15) is 0 Å². The van der Waals surface area contributed by atoms with Gasteiger partial charge in [0.15, 0.2) is 0 Å². The first kappa shape index (κ1) is 14.7. The van der Waals surface area contributed by atoms with Crippen LogP contribution >= 0.6 is 11.3 Å². The molecular weight excluding hydrogens is 300 g/mol. The van der Waals surface area contributed by atoms with Crippen LogP contribution in [0.2, 0.25) is 0 Å². The number of nitrogens with zero attached hydrogens (tertiary/aromatic N) is 2. The van der Waals surface area contributed by atoms with Crippen molar-refractivity contribution in [1.29, 1.82) is 0 Å². The second kappa shape index (κ2) is 6.27. The molecular formula is C16H16N2O3S. The molecule has 1 aliphatic rings. The average molecular weight is 316 g/mol. The summed E-state index contributed by atoms with van der Waals surface area (Å²) >= 11 is 1.52. The summed E-state index contributed by atoms with van der Waals surface area (Å²) in [5.74, 6) is -1.67. The predicted octanol–water partition coefficient (Wildman–Crippen LogP) is 2.36. The number of carbonyl (C=O) groups excluding carboxylic acids is 1. The minimum absolute atomic E-state index is 0.0723. The van der Waals surface area contributed by atoms with Gasteiger partial charge >= 0.3 is 5.97 Å². The second-order valence-corrected chi connectivity index (χ2v) is 6.13. The summed E-state index contributed by atoms with van der Waals surface area (Å²) in [7, 11) is 0. The maximum atomic E-state index is 12.3. The second-order valence-electron chi connectivity index (χ2n) is 5.35. The lowest BCUT2D eigenvalue weighted by Gasteiger charge is -2.26. The number of carbonyl (C=O) groups is 2. The van der Waals surface area contributed by atoms with Crippen molar-refractivity contribution in [3.05, 3.63) is 52.5 Å². The highest BCUT2D eigenvalue weighted by Gasteiger charge is 2.44. The fraction of sp³-hybridized carbons (Fsp3) is 0.312. The van der Waals surface area contributed by atoms with Crippen LogP contribution in [0.3, 0.4) is 0 Å². The smallest absolute Gasteiger partial charge is 0.309 e. The Hall–Kier alpha value is -2.21. The molecule has 1 amide bonds. The molecule has 3 rings (SSSR count). The largest absolute Gasteiger partial charge is 0.481 e. The van der Waals surface area contributed by atoms with Crippen LogP contribution in [0.25, 0.3) is 0 Å². The third-order valence-electron chi connectivity index (χ3n) is 4.00. The van der Waals surface area contributed by atoms with Crippen LogP contribution in [-0.4, -0.2) is 33.4 Å². The summed E-state index contributed by atoms with van der Waals surface area (Å²) in [5.41, 5.74) is 1.95. The Kier molecular flexibility index (Phi) is 4.20. The van der Waals surface area contributed by atoms with Gasteiger partial charge in [-0.25, -0.2) is 0 Å². The Morgan fingerprint density at radius 1 is 1.45 bits per heavy atom. The maximum absolute atomic E-state index is 12.3. The molecule has 2 atom stereocenters. The first-order chi connectivity index (χ1) is 10.7. The third-order valence-corrected chi connectivity index (χ3v) is 4.70. The molecule has 0 saturated carbocycles. The van der Waals surface area contributed by atoms with E-state index in [2.05, 4.69) is 4.98 Å². The zero-order valence-electron chi connectivity index (χ0n) is 11.9. The zero-order valence-corrected chi connectivity index (χ0v) is 12.7. The van der Waals surface area contributed by atoms with Gasteiger partial charge in [-0.15, -0.1) is 0 Å². The molecule has 3 heterocycles. The van der Waals surface area contributed by atoms with Crippen molar-refractivity contribution in [3.8, 4) is 0 Å². The number of carboxylic acid groups (broad SMARTS) is 1. The molecule has 2 aromatic rings. The minimum Gasteiger partial charge on any atom is -0.481 e. The number of aromatic nitrogens is 1. The zero-order chi connectivity index (χ0) is 15.5. The average Bonchev–Trinajstić information content (AvgIpc) is 3.13. The predicted molar refractivity (Wildman–Crippen MR) is 82.5 cm³/mol. The Morgan fingerprint density at radius 3 is 2.95 bits per heavy atom. The van der Waals surface area contributed by atoms with Gasteiger partial charge in [-0.3, -0.25) is 14.6 Å². The molecule has 114 valence electrons. The molecule has 0 aromatic carbocycles. The molecule has 0 spiro atoms. The standard InChI is InChI=1S/C16H16N2O3S/c19-14-8-13(16(20)21)15(12-4-7-22-10-12)18(14)6-3-11-2-1-5-17-9-11/h1-2,4-5,7,9-10,13,15H,3,6,8H2,(H,20,21). The van der Waals surface area contributed by atoms with Gasteiger partial charge in [0.25, 0.3) is 0 Å². The molecule has 0 bridgehead atoms. The molecule has 6 heteroatoms. The third kappa shape index (κ3) is 2.87. The Balaban J connectivity index is 1.81. The fourth-order valence-electron chi connectivity index (χ4n) is 2.93. The van der Waals surface area contributed by atoms with E-state index in [0.717, 1.165) is 11.1 Å². The molecule has 0 radical (unpaired) electrons. The topological polar surface area (TPSA) is 70.5 Å². The van der Waals surface area contributed by atoms with Crippen LogP contribution in [0.5, 0.6) is 0 Å². The molecule has 0 aliphatic carbocycles. The number of thiophene rings is 1. The Labute approximate surface area is 132 Å². The SMILES string of the molecule is O=C(O)C1CC(=O)N(CCc2cccnc2)C1c1ccsc1. The molecule has 2 aromatic heterocycles. The van der Waals surface area contributed by atoms with Crippen molar-refractivity contribution in [2.24, 2.45) is 5.92 Å². The van der Waals surface area contributed by atoms with E-state index in [0.29, 0.717) is 13.0 Å². The summed E-state index contributed by atoms with van der Waals surface area (Å²) in [6.45, 7) is 0.509. The molecule has 22 heavy (non-hydrogen) atoms. The van der Waals surface area contributed by atoms with Crippen LogP contribution in [0.15, 0.2) is 41.4 Å². The van der Waals surface area contributed by atoms with Crippen molar-refractivity contribution >= 4 is 23.2 Å². The van der Waals surface area contributed by atoms with E-state index in [1.165, 1.54) is 11.3 Å². The summed E-state index contributed by atoms with van der Waals surface area (Å²) in [5, 5.41) is 13.3. The van der Waals surface area contributed by atoms with Crippen molar-refractivity contribution in [3.63, 3.8) is 0 Å². The van der Waals surface area contributed by atoms with Gasteiger partial charge in [0, 0.05) is 25.4 Å². The van der Waals surface area contributed by atoms with Crippen molar-refractivity contribution in [1.82, 2.24) is 9.88 Å². The van der Waals surface area contributed by atoms with Gasteiger partial charge < -0.3 is 10.0 Å². The molecule has 1 fully saturated rings. The van der Waals surface area contributed by atoms with Crippen LogP contribution in [-0.2, 0) is 16.0 Å². The fourth-order valence-corrected chi connectivity index (χ4v) is 3.62. The van der Waals surface area contributed by atoms with E-state index in [-0.39, 0.29) is 18.4 Å². The van der Waals surface area contributed by atoms with Crippen molar-refractivity contribution in [2.45, 2.75) is 18.9 Å². The monoisotopic (exact) mass is 316 g/mol. The number of likely N-dealkylation sites (tertiary alicyclic amines) is 1. The van der Waals surface area contributed by atoms with E-state index in [4.69, 9.17) is 0 Å². The van der Waals surface area contributed by atoms with Gasteiger partial charge in [-0.2, -0.15) is 11.3 Å². The number of hydrogen-bond acceptors (Lipinski definition) is 4. The summed E-state index contributed by atoms with van der Waals surface area (Å²) < 4.78 is 0. The van der Waals surface area contributed by atoms with Crippen molar-refractivity contribution < 1.29 is 14.7 Å². The summed E-state index contributed by atoms with van der Waals surface area (Å²) in [6.07, 6.45) is 4.23.